The van der Waals surface area contributed by atoms with E-state index in [0.717, 1.165) is 0 Å². The van der Waals surface area contributed by atoms with E-state index in [1.165, 1.54) is 5.14 Å². The predicted octanol–water partition coefficient (Wildman–Crippen LogP) is 1.48. The van der Waals surface area contributed by atoms with Crippen LogP contribution < -0.4 is 16.0 Å². The molecule has 0 aliphatic heterocycles. The molecule has 2 amide bonds. The topological polar surface area (TPSA) is 87.3 Å². The average Bonchev–Trinajstić information content (AvgIpc) is 2.49. The lowest BCUT2D eigenvalue weighted by Crippen LogP contribution is -2.52. The third-order valence-corrected chi connectivity index (χ3v) is 4.12. The van der Waals surface area contributed by atoms with Gasteiger partial charge in [-0.3, -0.25) is 14.4 Å². The van der Waals surface area contributed by atoms with Gasteiger partial charge in [-0.2, -0.15) is 0 Å². The minimum absolute atomic E-state index is 0.0174. The fraction of sp³-hybridized carbons (Fsp3) is 0.800. The normalized spacial score (nSPS) is 13.6. The van der Waals surface area contributed by atoms with Crippen molar-refractivity contribution in [1.82, 2.24) is 16.0 Å². The van der Waals surface area contributed by atoms with Gasteiger partial charge in [0.05, 0.1) is 12.1 Å². The van der Waals surface area contributed by atoms with Crippen molar-refractivity contribution < 1.29 is 14.4 Å². The van der Waals surface area contributed by atoms with E-state index in [0.29, 0.717) is 19.4 Å². The molecule has 1 unspecified atom stereocenters. The molecule has 0 heterocycles. The summed E-state index contributed by atoms with van der Waals surface area (Å²) in [6.07, 6.45) is 1.14. The maximum Gasteiger partial charge on any atom is 0.317 e. The number of carbonyl (C=O) groups is 3. The van der Waals surface area contributed by atoms with Crippen molar-refractivity contribution in [2.45, 2.75) is 52.6 Å². The predicted molar refractivity (Wildman–Crippen MR) is 102 cm³/mol. The van der Waals surface area contributed by atoms with E-state index in [1.54, 1.807) is 7.05 Å². The molecule has 0 spiro atoms. The summed E-state index contributed by atoms with van der Waals surface area (Å²) in [4.78, 5) is 35.8. The molecule has 0 rings (SSSR count). The summed E-state index contributed by atoms with van der Waals surface area (Å²) >= 11 is 1.88. The monoisotopic (exact) mass is 436 g/mol. The zero-order valence-corrected chi connectivity index (χ0v) is 16.8. The number of ketones is 1. The minimum atomic E-state index is -0.516. The second kappa shape index (κ2) is 11.8. The number of halogens is 1. The van der Waals surface area contributed by atoms with Gasteiger partial charge < -0.3 is 16.0 Å². The first-order chi connectivity index (χ1) is 10.7. The lowest BCUT2D eigenvalue weighted by molar-refractivity contribution is -0.131. The van der Waals surface area contributed by atoms with Gasteiger partial charge in [-0.05, 0) is 25.8 Å². The Labute approximate surface area is 153 Å². The van der Waals surface area contributed by atoms with Crippen molar-refractivity contribution in [3.05, 3.63) is 0 Å². The number of carbonyl (C=O) groups excluding carboxylic acids is 3. The molecular formula is C15H28BIN3O3. The highest BCUT2D eigenvalue weighted by Gasteiger charge is 2.27. The maximum absolute atomic E-state index is 12.3. The largest absolute Gasteiger partial charge is 0.364 e. The summed E-state index contributed by atoms with van der Waals surface area (Å²) in [7, 11) is 1.74. The molecule has 0 saturated carbocycles. The lowest BCUT2D eigenvalue weighted by Gasteiger charge is -2.25. The Bertz CT molecular complexity index is 405. The highest BCUT2D eigenvalue weighted by Crippen LogP contribution is 2.08. The minimum Gasteiger partial charge on any atom is -0.364 e. The van der Waals surface area contributed by atoms with E-state index in [9.17, 15) is 14.4 Å². The van der Waals surface area contributed by atoms with Crippen LogP contribution >= 0.6 is 22.4 Å². The smallest absolute Gasteiger partial charge is 0.317 e. The van der Waals surface area contributed by atoms with Crippen molar-refractivity contribution in [3.8, 4) is 0 Å². The van der Waals surface area contributed by atoms with Crippen LogP contribution in [0, 0.1) is 11.8 Å². The molecule has 1 radical (unpaired) electrons. The first-order valence-electron chi connectivity index (χ1n) is 7.97. The quantitative estimate of drug-likeness (QED) is 0.260. The molecule has 0 aromatic carbocycles. The Morgan fingerprint density at radius 1 is 1.13 bits per heavy atom. The van der Waals surface area contributed by atoms with Crippen LogP contribution in [0.4, 0.5) is 4.79 Å². The third kappa shape index (κ3) is 8.69. The van der Waals surface area contributed by atoms with Crippen LogP contribution in [0.3, 0.4) is 0 Å². The number of hydrogen-bond acceptors (Lipinski definition) is 4. The van der Waals surface area contributed by atoms with Crippen LogP contribution in [0.25, 0.3) is 0 Å². The number of likely N-dealkylation sites (N-methyl/N-ethyl adjacent to an activating group) is 1. The Balaban J connectivity index is 4.66. The fourth-order valence-corrected chi connectivity index (χ4v) is 2.49. The summed E-state index contributed by atoms with van der Waals surface area (Å²) in [5.41, 5.74) is 0. The van der Waals surface area contributed by atoms with Gasteiger partial charge in [0.1, 0.15) is 0 Å². The summed E-state index contributed by atoms with van der Waals surface area (Å²) < 4.78 is 0. The van der Waals surface area contributed by atoms with E-state index < -0.39 is 6.04 Å². The van der Waals surface area contributed by atoms with E-state index in [4.69, 9.17) is 0 Å². The van der Waals surface area contributed by atoms with Gasteiger partial charge in [0.2, 0.25) is 5.91 Å². The molecule has 131 valence electrons. The fourth-order valence-electron chi connectivity index (χ4n) is 2.27. The molecule has 0 bridgehead atoms. The first-order valence-corrected chi connectivity index (χ1v) is 9.21. The van der Waals surface area contributed by atoms with Gasteiger partial charge in [0.25, 0.3) is 0 Å². The molecule has 0 aliphatic rings. The Morgan fingerprint density at radius 3 is 2.17 bits per heavy atom. The molecule has 2 atom stereocenters. The van der Waals surface area contributed by atoms with Gasteiger partial charge in [0, 0.05) is 12.5 Å². The molecule has 0 fully saturated rings. The third-order valence-electron chi connectivity index (χ3n) is 3.56. The van der Waals surface area contributed by atoms with Gasteiger partial charge in [-0.15, -0.1) is 22.4 Å². The molecular weight excluding hydrogens is 408 g/mol. The molecule has 0 saturated heterocycles. The summed E-state index contributed by atoms with van der Waals surface area (Å²) in [6.45, 7) is 8.04. The molecule has 8 heteroatoms. The molecule has 0 aromatic rings. The van der Waals surface area contributed by atoms with Crippen molar-refractivity contribution in [2.24, 2.45) is 11.8 Å². The summed E-state index contributed by atoms with van der Waals surface area (Å²) in [5, 5.41) is 9.99. The van der Waals surface area contributed by atoms with E-state index in [2.05, 4.69) is 16.0 Å². The highest BCUT2D eigenvalue weighted by molar-refractivity contribution is 14.1. The van der Waals surface area contributed by atoms with Crippen molar-refractivity contribution in [3.63, 3.8) is 0 Å². The molecule has 0 aliphatic carbocycles. The molecule has 3 N–H and O–H groups in total. The van der Waals surface area contributed by atoms with Gasteiger partial charge in [-0.25, -0.2) is 0 Å². The lowest BCUT2D eigenvalue weighted by atomic mass is 9.96. The van der Waals surface area contributed by atoms with Crippen LogP contribution in [-0.2, 0) is 9.59 Å². The Morgan fingerprint density at radius 2 is 1.74 bits per heavy atom. The van der Waals surface area contributed by atoms with Gasteiger partial charge >= 0.3 is 5.14 Å². The maximum atomic E-state index is 12.3. The number of amides is 2. The number of Topliss-reactive ketones (excluding diaryl/α,β-unsaturated/α-hetero) is 1. The molecule has 0 aromatic heterocycles. The number of rotatable bonds is 11. The van der Waals surface area contributed by atoms with E-state index in [1.807, 2.05) is 50.1 Å². The SMILES string of the molecule is CNC(C(=O)N[C@@H](CCCNC(=O)[B]I)C(=O)C(C)C)C(C)C. The highest BCUT2D eigenvalue weighted by atomic mass is 127. The second-order valence-electron chi connectivity index (χ2n) is 6.17. The second-order valence-corrected chi connectivity index (χ2v) is 6.79. The van der Waals surface area contributed by atoms with Crippen molar-refractivity contribution in [1.29, 1.82) is 0 Å². The summed E-state index contributed by atoms with van der Waals surface area (Å²) in [6, 6.07) is -0.844. The van der Waals surface area contributed by atoms with Crippen LogP contribution in [0.15, 0.2) is 0 Å². The van der Waals surface area contributed by atoms with Gasteiger partial charge in [0.15, 0.2) is 11.6 Å². The standard InChI is InChI=1S/C15H28BIN3O3/c1-9(2)12(18-5)14(22)20-11(13(21)10(3)4)7-6-8-19-15(23)16-17/h9-12,18H,6-8H2,1-5H3,(H,19,23)(H,20,22)/t11-,12?/m0/s1. The van der Waals surface area contributed by atoms with Crippen LogP contribution in [-0.4, -0.2) is 48.3 Å². The van der Waals surface area contributed by atoms with Crippen LogP contribution in [0.1, 0.15) is 40.5 Å². The van der Waals surface area contributed by atoms with Crippen molar-refractivity contribution in [2.75, 3.05) is 13.6 Å². The molecule has 23 heavy (non-hydrogen) atoms. The van der Waals surface area contributed by atoms with E-state index in [-0.39, 0.29) is 35.4 Å². The van der Waals surface area contributed by atoms with Crippen LogP contribution in [0.2, 0.25) is 0 Å². The summed E-state index contributed by atoms with van der Waals surface area (Å²) in [5.74, 6) is -0.302. The van der Waals surface area contributed by atoms with Gasteiger partial charge in [-0.1, -0.05) is 27.7 Å². The zero-order valence-electron chi connectivity index (χ0n) is 14.6. The Hall–Kier alpha value is -0.635. The number of nitrogens with one attached hydrogen (secondary N) is 3. The van der Waals surface area contributed by atoms with E-state index >= 15 is 0 Å². The number of hydrogen-bond donors (Lipinski definition) is 3. The van der Waals surface area contributed by atoms with Crippen molar-refractivity contribution >= 4 is 45.0 Å². The first kappa shape index (κ1) is 22.4. The zero-order chi connectivity index (χ0) is 18.0. The average molecular weight is 436 g/mol. The van der Waals surface area contributed by atoms with Crippen LogP contribution in [0.5, 0.6) is 0 Å². The molecule has 6 nitrogen and oxygen atoms in total. The Kier molecular flexibility index (Phi) is 11.5.